The summed E-state index contributed by atoms with van der Waals surface area (Å²) in [5, 5.41) is 9.33. The zero-order chi connectivity index (χ0) is 24.7. The van der Waals surface area contributed by atoms with Gasteiger partial charge in [-0.2, -0.15) is 0 Å². The minimum atomic E-state index is -0.793. The number of aliphatic hydroxyl groups is 1. The lowest BCUT2D eigenvalue weighted by molar-refractivity contribution is -0.145. The summed E-state index contributed by atoms with van der Waals surface area (Å²) in [6, 6.07) is 9.21. The van der Waals surface area contributed by atoms with E-state index in [1.54, 1.807) is 16.7 Å². The van der Waals surface area contributed by atoms with Crippen LogP contribution in [0.15, 0.2) is 54.6 Å². The number of amides is 3. The Balaban J connectivity index is 1.54. The minimum absolute atomic E-state index is 0.00378. The van der Waals surface area contributed by atoms with Crippen molar-refractivity contribution >= 4 is 29.5 Å². The molecule has 0 radical (unpaired) electrons. The predicted octanol–water partition coefficient (Wildman–Crippen LogP) is 2.07. The van der Waals surface area contributed by atoms with Gasteiger partial charge in [0, 0.05) is 44.1 Å². The van der Waals surface area contributed by atoms with E-state index in [0.29, 0.717) is 32.6 Å². The molecule has 1 spiro atoms. The molecule has 0 saturated carbocycles. The molecular weight excluding hydrogens is 462 g/mol. The average molecular weight is 496 g/mol. The molecule has 0 aliphatic carbocycles. The lowest BCUT2D eigenvalue weighted by Crippen LogP contribution is -2.54. The number of thioether (sulfide) groups is 1. The third-order valence-electron chi connectivity index (χ3n) is 7.67. The number of carbonyl (C=O) groups is 3. The fourth-order valence-corrected chi connectivity index (χ4v) is 8.11. The van der Waals surface area contributed by atoms with E-state index < -0.39 is 22.6 Å². The molecule has 35 heavy (non-hydrogen) atoms. The summed E-state index contributed by atoms with van der Waals surface area (Å²) in [4.78, 5) is 47.2. The highest BCUT2D eigenvalue weighted by Crippen LogP contribution is 2.61. The molecule has 5 atom stereocenters. The normalized spacial score (nSPS) is 32.1. The molecule has 7 nitrogen and oxygen atoms in total. The van der Waals surface area contributed by atoms with E-state index in [-0.39, 0.29) is 35.6 Å². The Bertz CT molecular complexity index is 1060. The number of hydrogen-bond donors (Lipinski definition) is 1. The second kappa shape index (κ2) is 9.47. The zero-order valence-corrected chi connectivity index (χ0v) is 21.1. The van der Waals surface area contributed by atoms with Gasteiger partial charge in [0.05, 0.1) is 16.6 Å². The highest BCUT2D eigenvalue weighted by atomic mass is 32.2. The Morgan fingerprint density at radius 2 is 1.83 bits per heavy atom. The Morgan fingerprint density at radius 3 is 2.54 bits per heavy atom. The van der Waals surface area contributed by atoms with E-state index in [9.17, 15) is 19.5 Å². The summed E-state index contributed by atoms with van der Waals surface area (Å²) in [5.74, 6) is -1.38. The van der Waals surface area contributed by atoms with Crippen molar-refractivity contribution in [2.45, 2.75) is 48.9 Å². The molecule has 1 aromatic rings. The van der Waals surface area contributed by atoms with Crippen LogP contribution < -0.4 is 0 Å². The third-order valence-corrected chi connectivity index (χ3v) is 9.41. The van der Waals surface area contributed by atoms with Crippen molar-refractivity contribution < 1.29 is 19.5 Å². The molecule has 1 aromatic carbocycles. The van der Waals surface area contributed by atoms with Crippen LogP contribution >= 0.6 is 11.8 Å². The van der Waals surface area contributed by atoms with E-state index in [4.69, 9.17) is 0 Å². The molecule has 0 aromatic heterocycles. The molecule has 186 valence electrons. The van der Waals surface area contributed by atoms with E-state index in [1.165, 1.54) is 0 Å². The molecule has 4 heterocycles. The quantitative estimate of drug-likeness (QED) is 0.611. The van der Waals surface area contributed by atoms with Gasteiger partial charge in [0.15, 0.2) is 0 Å². The van der Waals surface area contributed by atoms with E-state index in [2.05, 4.69) is 6.08 Å². The SMILES string of the molecule is CC(C)N1CC=C[C@]23S[C@@H]4C=CCN(Cc5ccccc5)C(=O)[C@@H]4[C@H]2C(=O)N(CCCO)C3C1=O. The Hall–Kier alpha value is -2.58. The smallest absolute Gasteiger partial charge is 0.247 e. The summed E-state index contributed by atoms with van der Waals surface area (Å²) >= 11 is 1.60. The average Bonchev–Trinajstić information content (AvgIpc) is 3.15. The fourth-order valence-electron chi connectivity index (χ4n) is 6.10. The lowest BCUT2D eigenvalue weighted by atomic mass is 9.78. The van der Waals surface area contributed by atoms with Gasteiger partial charge in [-0.15, -0.1) is 11.8 Å². The van der Waals surface area contributed by atoms with Crippen molar-refractivity contribution in [3.63, 3.8) is 0 Å². The van der Waals surface area contributed by atoms with Crippen molar-refractivity contribution in [3.05, 3.63) is 60.2 Å². The number of hydrogen-bond acceptors (Lipinski definition) is 5. The maximum Gasteiger partial charge on any atom is 0.247 e. The van der Waals surface area contributed by atoms with Crippen molar-refractivity contribution in [1.29, 1.82) is 0 Å². The van der Waals surface area contributed by atoms with Crippen LogP contribution in [0.5, 0.6) is 0 Å². The second-order valence-electron chi connectivity index (χ2n) is 10.1. The Labute approximate surface area is 210 Å². The number of nitrogens with zero attached hydrogens (tertiary/aromatic N) is 3. The summed E-state index contributed by atoms with van der Waals surface area (Å²) in [6.45, 7) is 5.69. The van der Waals surface area contributed by atoms with Crippen LogP contribution in [0.4, 0.5) is 0 Å². The van der Waals surface area contributed by atoms with Gasteiger partial charge in [0.2, 0.25) is 17.7 Å². The first-order valence-corrected chi connectivity index (χ1v) is 13.3. The molecule has 0 bridgehead atoms. The second-order valence-corrected chi connectivity index (χ2v) is 11.6. The fraction of sp³-hybridized carbons (Fsp3) is 0.519. The van der Waals surface area contributed by atoms with Gasteiger partial charge in [-0.05, 0) is 25.8 Å². The van der Waals surface area contributed by atoms with Gasteiger partial charge < -0.3 is 19.8 Å². The molecule has 1 N–H and O–H groups in total. The largest absolute Gasteiger partial charge is 0.396 e. The summed E-state index contributed by atoms with van der Waals surface area (Å²) in [6.07, 6.45) is 8.54. The van der Waals surface area contributed by atoms with Crippen LogP contribution in [0.2, 0.25) is 0 Å². The molecule has 2 saturated heterocycles. The number of fused-ring (bicyclic) bond motifs is 2. The van der Waals surface area contributed by atoms with E-state index in [0.717, 1.165) is 5.56 Å². The number of carbonyl (C=O) groups excluding carboxylic acids is 3. The maximum atomic E-state index is 14.0. The van der Waals surface area contributed by atoms with Gasteiger partial charge in [-0.25, -0.2) is 0 Å². The van der Waals surface area contributed by atoms with Crippen molar-refractivity contribution in [2.24, 2.45) is 11.8 Å². The molecule has 2 fully saturated rings. The van der Waals surface area contributed by atoms with Gasteiger partial charge in [0.1, 0.15) is 6.04 Å². The predicted molar refractivity (Wildman–Crippen MR) is 135 cm³/mol. The first-order valence-electron chi connectivity index (χ1n) is 12.5. The minimum Gasteiger partial charge on any atom is -0.396 e. The molecule has 1 unspecified atom stereocenters. The lowest BCUT2D eigenvalue weighted by Gasteiger charge is -2.36. The molecule has 3 amide bonds. The van der Waals surface area contributed by atoms with Crippen LogP contribution in [0, 0.1) is 11.8 Å². The molecule has 4 aliphatic heterocycles. The first-order chi connectivity index (χ1) is 16.9. The van der Waals surface area contributed by atoms with Crippen LogP contribution in [-0.4, -0.2) is 85.8 Å². The van der Waals surface area contributed by atoms with Crippen molar-refractivity contribution in [3.8, 4) is 0 Å². The first kappa shape index (κ1) is 24.1. The number of benzene rings is 1. The Kier molecular flexibility index (Phi) is 6.53. The third kappa shape index (κ3) is 3.91. The van der Waals surface area contributed by atoms with E-state index >= 15 is 0 Å². The highest BCUT2D eigenvalue weighted by Gasteiger charge is 2.70. The van der Waals surface area contributed by atoms with Gasteiger partial charge in [-0.3, -0.25) is 14.4 Å². The number of likely N-dealkylation sites (tertiary alicyclic amines) is 1. The summed E-state index contributed by atoms with van der Waals surface area (Å²) in [5.41, 5.74) is 1.05. The van der Waals surface area contributed by atoms with Crippen LogP contribution in [-0.2, 0) is 20.9 Å². The van der Waals surface area contributed by atoms with Crippen LogP contribution in [0.3, 0.4) is 0 Å². The molecule has 8 heteroatoms. The molecule has 5 rings (SSSR count). The highest BCUT2D eigenvalue weighted by molar-refractivity contribution is 8.02. The van der Waals surface area contributed by atoms with Crippen molar-refractivity contribution in [2.75, 3.05) is 26.2 Å². The summed E-state index contributed by atoms with van der Waals surface area (Å²) in [7, 11) is 0. The monoisotopic (exact) mass is 495 g/mol. The van der Waals surface area contributed by atoms with Crippen LogP contribution in [0.25, 0.3) is 0 Å². The van der Waals surface area contributed by atoms with Gasteiger partial charge >= 0.3 is 0 Å². The summed E-state index contributed by atoms with van der Waals surface area (Å²) < 4.78 is -0.793. The zero-order valence-electron chi connectivity index (χ0n) is 20.2. The molecule has 4 aliphatic rings. The van der Waals surface area contributed by atoms with Crippen molar-refractivity contribution in [1.82, 2.24) is 14.7 Å². The number of aliphatic hydroxyl groups excluding tert-OH is 1. The van der Waals surface area contributed by atoms with Crippen LogP contribution in [0.1, 0.15) is 25.8 Å². The van der Waals surface area contributed by atoms with Gasteiger partial charge in [0.25, 0.3) is 0 Å². The maximum absolute atomic E-state index is 14.0. The van der Waals surface area contributed by atoms with E-state index in [1.807, 2.05) is 72.2 Å². The topological polar surface area (TPSA) is 81.2 Å². The van der Waals surface area contributed by atoms with Gasteiger partial charge in [-0.1, -0.05) is 54.6 Å². The molecular formula is C27H33N3O4S. The standard InChI is InChI=1S/C27H33N3O4S/c1-18(2)29-14-7-12-27-22(25(33)30(15-8-16-31)23(27)26(29)34)21-20(35-27)11-6-13-28(24(21)32)17-19-9-4-3-5-10-19/h3-7,9-12,18,20-23,31H,8,13-17H2,1-2H3/t20-,21+,22+,23?,27+/m1/s1. The Morgan fingerprint density at radius 1 is 1.06 bits per heavy atom. The number of rotatable bonds is 6.